The van der Waals surface area contributed by atoms with Gasteiger partial charge < -0.3 is 5.32 Å². The van der Waals surface area contributed by atoms with Crippen molar-refractivity contribution in [2.75, 3.05) is 12.4 Å². The summed E-state index contributed by atoms with van der Waals surface area (Å²) in [5, 5.41) is 2.77. The molecule has 1 amide bonds. The van der Waals surface area contributed by atoms with Crippen LogP contribution in [0.1, 0.15) is 36.0 Å². The molecule has 18 heavy (non-hydrogen) atoms. The third-order valence-corrected chi connectivity index (χ3v) is 3.20. The van der Waals surface area contributed by atoms with Crippen molar-refractivity contribution in [3.8, 4) is 0 Å². The lowest BCUT2D eigenvalue weighted by atomic mass is 10.2. The van der Waals surface area contributed by atoms with Crippen molar-refractivity contribution < 1.29 is 9.18 Å². The van der Waals surface area contributed by atoms with E-state index in [4.69, 9.17) is 11.6 Å². The molecule has 0 aromatic heterocycles. The molecule has 0 heterocycles. The fraction of sp³-hybridized carbons (Fsp3) is 0.462. The van der Waals surface area contributed by atoms with Crippen molar-refractivity contribution >= 4 is 33.4 Å². The first-order chi connectivity index (χ1) is 8.63. The quantitative estimate of drug-likeness (QED) is 0.589. The molecule has 1 rings (SSSR count). The number of rotatable bonds is 7. The van der Waals surface area contributed by atoms with Crippen LogP contribution in [0.5, 0.6) is 0 Å². The molecule has 1 aromatic rings. The standard InChI is InChI=1S/C13H16BrClFNO/c14-11-7-10(8-12(16)9-11)13(18)17-6-4-2-1-3-5-15/h7-9H,1-6H2,(H,17,18). The Kier molecular flexibility index (Phi) is 7.28. The number of halogens is 3. The lowest BCUT2D eigenvalue weighted by molar-refractivity contribution is 0.0952. The molecule has 0 bridgehead atoms. The zero-order valence-electron chi connectivity index (χ0n) is 10.0. The molecule has 0 unspecified atom stereocenters. The summed E-state index contributed by atoms with van der Waals surface area (Å²) in [4.78, 5) is 11.7. The number of nitrogens with one attached hydrogen (secondary N) is 1. The van der Waals surface area contributed by atoms with E-state index in [-0.39, 0.29) is 5.91 Å². The summed E-state index contributed by atoms with van der Waals surface area (Å²) in [5.41, 5.74) is 0.336. The first-order valence-corrected chi connectivity index (χ1v) is 7.26. The van der Waals surface area contributed by atoms with Crippen LogP contribution in [0.15, 0.2) is 22.7 Å². The van der Waals surface area contributed by atoms with Gasteiger partial charge in [-0.3, -0.25) is 4.79 Å². The molecule has 0 aliphatic heterocycles. The number of carbonyl (C=O) groups is 1. The van der Waals surface area contributed by atoms with Crippen LogP contribution >= 0.6 is 27.5 Å². The van der Waals surface area contributed by atoms with Crippen molar-refractivity contribution in [2.45, 2.75) is 25.7 Å². The molecule has 0 atom stereocenters. The predicted octanol–water partition coefficient (Wildman–Crippen LogP) is 4.12. The zero-order chi connectivity index (χ0) is 13.4. The van der Waals surface area contributed by atoms with Gasteiger partial charge in [-0.25, -0.2) is 4.39 Å². The third-order valence-electron chi connectivity index (χ3n) is 2.47. The molecule has 1 N–H and O–H groups in total. The molecule has 100 valence electrons. The second kappa shape index (κ2) is 8.48. The van der Waals surface area contributed by atoms with Gasteiger partial charge in [0, 0.05) is 22.5 Å². The van der Waals surface area contributed by atoms with Gasteiger partial charge in [0.1, 0.15) is 5.82 Å². The lowest BCUT2D eigenvalue weighted by Crippen LogP contribution is -2.24. The minimum Gasteiger partial charge on any atom is -0.352 e. The fourth-order valence-corrected chi connectivity index (χ4v) is 2.22. The Morgan fingerprint density at radius 1 is 1.22 bits per heavy atom. The molecule has 0 saturated carbocycles. The van der Waals surface area contributed by atoms with Crippen molar-refractivity contribution in [1.29, 1.82) is 0 Å². The molecule has 1 aromatic carbocycles. The monoisotopic (exact) mass is 335 g/mol. The minimum absolute atomic E-state index is 0.243. The molecule has 0 radical (unpaired) electrons. The van der Waals surface area contributed by atoms with Crippen molar-refractivity contribution in [3.05, 3.63) is 34.1 Å². The molecule has 0 aliphatic carbocycles. The van der Waals surface area contributed by atoms with E-state index in [2.05, 4.69) is 21.2 Å². The Hall–Kier alpha value is -0.610. The van der Waals surface area contributed by atoms with E-state index in [0.717, 1.165) is 25.7 Å². The minimum atomic E-state index is -0.420. The second-order valence-electron chi connectivity index (χ2n) is 4.02. The van der Waals surface area contributed by atoms with E-state index in [1.165, 1.54) is 12.1 Å². The first-order valence-electron chi connectivity index (χ1n) is 5.93. The van der Waals surface area contributed by atoms with Crippen LogP contribution < -0.4 is 5.32 Å². The van der Waals surface area contributed by atoms with E-state index in [9.17, 15) is 9.18 Å². The molecule has 5 heteroatoms. The number of hydrogen-bond donors (Lipinski definition) is 1. The highest BCUT2D eigenvalue weighted by molar-refractivity contribution is 9.10. The van der Waals surface area contributed by atoms with E-state index in [0.29, 0.717) is 22.5 Å². The summed E-state index contributed by atoms with van der Waals surface area (Å²) < 4.78 is 13.7. The Bertz CT molecular complexity index is 380. The van der Waals surface area contributed by atoms with E-state index < -0.39 is 5.82 Å². The summed E-state index contributed by atoms with van der Waals surface area (Å²) in [5.74, 6) is 0.0214. The first kappa shape index (κ1) is 15.4. The predicted molar refractivity (Wildman–Crippen MR) is 75.6 cm³/mol. The van der Waals surface area contributed by atoms with Crippen molar-refractivity contribution in [3.63, 3.8) is 0 Å². The molecule has 0 aliphatic rings. The SMILES string of the molecule is O=C(NCCCCCCCl)c1cc(F)cc(Br)c1. The number of carbonyl (C=O) groups excluding carboxylic acids is 1. The summed E-state index contributed by atoms with van der Waals surface area (Å²) in [6.07, 6.45) is 4.04. The third kappa shape index (κ3) is 5.83. The van der Waals surface area contributed by atoms with Gasteiger partial charge >= 0.3 is 0 Å². The molecule has 2 nitrogen and oxygen atoms in total. The normalized spacial score (nSPS) is 10.4. The van der Waals surface area contributed by atoms with Gasteiger partial charge in [-0.2, -0.15) is 0 Å². The molecular weight excluding hydrogens is 321 g/mol. The highest BCUT2D eigenvalue weighted by Crippen LogP contribution is 2.14. The van der Waals surface area contributed by atoms with Crippen LogP contribution in [0.3, 0.4) is 0 Å². The number of benzene rings is 1. The summed E-state index contributed by atoms with van der Waals surface area (Å²) in [7, 11) is 0. The van der Waals surface area contributed by atoms with Gasteiger partial charge in [0.05, 0.1) is 0 Å². The van der Waals surface area contributed by atoms with Crippen LogP contribution in [-0.2, 0) is 0 Å². The number of hydrogen-bond acceptors (Lipinski definition) is 1. The number of alkyl halides is 1. The topological polar surface area (TPSA) is 29.1 Å². The van der Waals surface area contributed by atoms with Crippen LogP contribution in [0.25, 0.3) is 0 Å². The Balaban J connectivity index is 2.32. The highest BCUT2D eigenvalue weighted by Gasteiger charge is 2.07. The van der Waals surface area contributed by atoms with Crippen molar-refractivity contribution in [1.82, 2.24) is 5.32 Å². The molecule has 0 fully saturated rings. The maximum absolute atomic E-state index is 13.1. The van der Waals surface area contributed by atoms with Gasteiger partial charge in [0.15, 0.2) is 0 Å². The molecular formula is C13H16BrClFNO. The van der Waals surface area contributed by atoms with E-state index >= 15 is 0 Å². The van der Waals surface area contributed by atoms with Crippen LogP contribution in [0.4, 0.5) is 4.39 Å². The Morgan fingerprint density at radius 2 is 1.94 bits per heavy atom. The largest absolute Gasteiger partial charge is 0.352 e. The fourth-order valence-electron chi connectivity index (χ4n) is 1.56. The zero-order valence-corrected chi connectivity index (χ0v) is 12.4. The van der Waals surface area contributed by atoms with Gasteiger partial charge in [0.2, 0.25) is 0 Å². The summed E-state index contributed by atoms with van der Waals surface area (Å²) in [6.45, 7) is 0.606. The van der Waals surface area contributed by atoms with Crippen LogP contribution in [-0.4, -0.2) is 18.3 Å². The van der Waals surface area contributed by atoms with Crippen molar-refractivity contribution in [2.24, 2.45) is 0 Å². The van der Waals surface area contributed by atoms with E-state index in [1.807, 2.05) is 0 Å². The molecule has 0 spiro atoms. The van der Waals surface area contributed by atoms with Crippen LogP contribution in [0.2, 0.25) is 0 Å². The second-order valence-corrected chi connectivity index (χ2v) is 5.31. The Labute approximate surface area is 120 Å². The van der Waals surface area contributed by atoms with Gasteiger partial charge in [-0.15, -0.1) is 11.6 Å². The van der Waals surface area contributed by atoms with Gasteiger partial charge in [-0.05, 0) is 31.0 Å². The number of unbranched alkanes of at least 4 members (excludes halogenated alkanes) is 3. The van der Waals surface area contributed by atoms with Gasteiger partial charge in [0.25, 0.3) is 5.91 Å². The maximum atomic E-state index is 13.1. The summed E-state index contributed by atoms with van der Waals surface area (Å²) in [6, 6.07) is 4.16. The highest BCUT2D eigenvalue weighted by atomic mass is 79.9. The smallest absolute Gasteiger partial charge is 0.251 e. The lowest BCUT2D eigenvalue weighted by Gasteiger charge is -2.05. The summed E-state index contributed by atoms with van der Waals surface area (Å²) >= 11 is 8.72. The van der Waals surface area contributed by atoms with Gasteiger partial charge in [-0.1, -0.05) is 28.8 Å². The average molecular weight is 337 g/mol. The van der Waals surface area contributed by atoms with Crippen LogP contribution in [0, 0.1) is 5.82 Å². The number of amides is 1. The maximum Gasteiger partial charge on any atom is 0.251 e. The van der Waals surface area contributed by atoms with E-state index in [1.54, 1.807) is 6.07 Å². The molecule has 0 saturated heterocycles. The Morgan fingerprint density at radius 3 is 2.61 bits per heavy atom. The average Bonchev–Trinajstić information content (AvgIpc) is 2.32.